The number of rotatable bonds is 9. The topological polar surface area (TPSA) is 64.6 Å². The lowest BCUT2D eigenvalue weighted by Crippen LogP contribution is -2.40. The molecule has 1 N–H and O–H groups in total. The summed E-state index contributed by atoms with van der Waals surface area (Å²) in [5, 5.41) is 3.41. The zero-order chi connectivity index (χ0) is 18.8. The van der Waals surface area contributed by atoms with E-state index in [9.17, 15) is 9.59 Å². The fraction of sp³-hybridized carbons (Fsp3) is 0.429. The second kappa shape index (κ2) is 10.6. The standard InChI is InChI=1S/C21H27NO4/c1-3-8-19-18(11-12-21(24)26-4-2)20(23)13-17(22-19)15-25-14-16-9-6-5-7-10-16/h5-7,9-12,17,22H,3-4,8,13-15H2,1-2H3/b12-11+/t17-/m1/s1. The van der Waals surface area contributed by atoms with E-state index in [1.54, 1.807) is 13.0 Å². The highest BCUT2D eigenvalue weighted by Gasteiger charge is 2.25. The molecule has 0 unspecified atom stereocenters. The molecular weight excluding hydrogens is 330 g/mol. The highest BCUT2D eigenvalue weighted by atomic mass is 16.5. The van der Waals surface area contributed by atoms with Crippen molar-refractivity contribution in [1.29, 1.82) is 0 Å². The van der Waals surface area contributed by atoms with E-state index < -0.39 is 5.97 Å². The molecule has 1 aromatic carbocycles. The molecule has 0 saturated carbocycles. The van der Waals surface area contributed by atoms with E-state index in [1.807, 2.05) is 30.3 Å². The van der Waals surface area contributed by atoms with Crippen LogP contribution in [0, 0.1) is 0 Å². The molecule has 1 aliphatic heterocycles. The van der Waals surface area contributed by atoms with Crippen LogP contribution >= 0.6 is 0 Å². The fourth-order valence-corrected chi connectivity index (χ4v) is 2.86. The Labute approximate surface area is 155 Å². The van der Waals surface area contributed by atoms with Crippen molar-refractivity contribution in [1.82, 2.24) is 5.32 Å². The lowest BCUT2D eigenvalue weighted by atomic mass is 9.94. The van der Waals surface area contributed by atoms with Gasteiger partial charge in [0.25, 0.3) is 0 Å². The second-order valence-corrected chi connectivity index (χ2v) is 6.20. The summed E-state index contributed by atoms with van der Waals surface area (Å²) in [7, 11) is 0. The van der Waals surface area contributed by atoms with E-state index in [2.05, 4.69) is 12.2 Å². The molecule has 5 heteroatoms. The first-order valence-corrected chi connectivity index (χ1v) is 9.13. The third-order valence-corrected chi connectivity index (χ3v) is 4.04. The van der Waals surface area contributed by atoms with Crippen LogP contribution in [0.3, 0.4) is 0 Å². The van der Waals surface area contributed by atoms with Gasteiger partial charge in [-0.1, -0.05) is 43.7 Å². The van der Waals surface area contributed by atoms with Crippen molar-refractivity contribution < 1.29 is 19.1 Å². The molecule has 1 aliphatic rings. The molecule has 0 aliphatic carbocycles. The molecule has 5 nitrogen and oxygen atoms in total. The Bertz CT molecular complexity index is 664. The van der Waals surface area contributed by atoms with Crippen molar-refractivity contribution in [2.24, 2.45) is 0 Å². The number of hydrogen-bond donors (Lipinski definition) is 1. The Morgan fingerprint density at radius 1 is 1.27 bits per heavy atom. The van der Waals surface area contributed by atoms with Crippen molar-refractivity contribution in [3.8, 4) is 0 Å². The van der Waals surface area contributed by atoms with Crippen molar-refractivity contribution in [3.63, 3.8) is 0 Å². The first-order chi connectivity index (χ1) is 12.6. The van der Waals surface area contributed by atoms with Gasteiger partial charge in [-0.25, -0.2) is 4.79 Å². The maximum Gasteiger partial charge on any atom is 0.330 e. The molecule has 2 rings (SSSR count). The second-order valence-electron chi connectivity index (χ2n) is 6.20. The Morgan fingerprint density at radius 3 is 2.73 bits per heavy atom. The Balaban J connectivity index is 1.97. The van der Waals surface area contributed by atoms with Gasteiger partial charge in [0.15, 0.2) is 5.78 Å². The average Bonchev–Trinajstić information content (AvgIpc) is 2.62. The Kier molecular flexibility index (Phi) is 8.09. The summed E-state index contributed by atoms with van der Waals surface area (Å²) in [6.45, 7) is 5.11. The normalized spacial score (nSPS) is 17.5. The van der Waals surface area contributed by atoms with E-state index in [1.165, 1.54) is 6.08 Å². The van der Waals surface area contributed by atoms with Gasteiger partial charge in [-0.3, -0.25) is 4.79 Å². The first-order valence-electron chi connectivity index (χ1n) is 9.13. The molecule has 0 spiro atoms. The molecule has 1 atom stereocenters. The lowest BCUT2D eigenvalue weighted by molar-refractivity contribution is -0.137. The summed E-state index contributed by atoms with van der Waals surface area (Å²) in [5.41, 5.74) is 2.55. The zero-order valence-electron chi connectivity index (χ0n) is 15.5. The van der Waals surface area contributed by atoms with Gasteiger partial charge in [-0.2, -0.15) is 0 Å². The minimum absolute atomic E-state index is 0.0288. The number of Topliss-reactive ketones (excluding diaryl/α,β-unsaturated/α-hetero) is 1. The smallest absolute Gasteiger partial charge is 0.330 e. The van der Waals surface area contributed by atoms with Gasteiger partial charge in [0, 0.05) is 23.8 Å². The minimum Gasteiger partial charge on any atom is -0.463 e. The van der Waals surface area contributed by atoms with Crippen molar-refractivity contribution in [2.45, 2.75) is 45.8 Å². The quantitative estimate of drug-likeness (QED) is 0.543. The zero-order valence-corrected chi connectivity index (χ0v) is 15.5. The summed E-state index contributed by atoms with van der Waals surface area (Å²) in [6.07, 6.45) is 4.90. The van der Waals surface area contributed by atoms with E-state index in [0.717, 1.165) is 24.1 Å². The molecule has 1 aromatic rings. The van der Waals surface area contributed by atoms with Crippen molar-refractivity contribution in [2.75, 3.05) is 13.2 Å². The first kappa shape index (κ1) is 19.9. The average molecular weight is 357 g/mol. The van der Waals surface area contributed by atoms with Crippen LogP contribution in [0.2, 0.25) is 0 Å². The van der Waals surface area contributed by atoms with Crippen LogP contribution in [-0.2, 0) is 25.7 Å². The molecule has 26 heavy (non-hydrogen) atoms. The van der Waals surface area contributed by atoms with Crippen LogP contribution in [0.25, 0.3) is 0 Å². The van der Waals surface area contributed by atoms with Gasteiger partial charge in [0.1, 0.15) is 0 Å². The largest absolute Gasteiger partial charge is 0.463 e. The van der Waals surface area contributed by atoms with E-state index in [-0.39, 0.29) is 11.8 Å². The van der Waals surface area contributed by atoms with Crippen LogP contribution in [-0.4, -0.2) is 31.0 Å². The van der Waals surface area contributed by atoms with E-state index in [0.29, 0.717) is 31.8 Å². The number of carbonyl (C=O) groups is 2. The fourth-order valence-electron chi connectivity index (χ4n) is 2.86. The number of benzene rings is 1. The van der Waals surface area contributed by atoms with Gasteiger partial charge >= 0.3 is 5.97 Å². The summed E-state index contributed by atoms with van der Waals surface area (Å²) >= 11 is 0. The number of nitrogens with one attached hydrogen (secondary N) is 1. The molecule has 0 radical (unpaired) electrons. The summed E-state index contributed by atoms with van der Waals surface area (Å²) in [5.74, 6) is -0.405. The highest BCUT2D eigenvalue weighted by Crippen LogP contribution is 2.20. The molecule has 0 aromatic heterocycles. The van der Waals surface area contributed by atoms with Crippen LogP contribution in [0.4, 0.5) is 0 Å². The minimum atomic E-state index is -0.433. The number of ether oxygens (including phenoxy) is 2. The Morgan fingerprint density at radius 2 is 2.04 bits per heavy atom. The van der Waals surface area contributed by atoms with Crippen LogP contribution < -0.4 is 5.32 Å². The number of ketones is 1. The van der Waals surface area contributed by atoms with Crippen molar-refractivity contribution in [3.05, 3.63) is 59.3 Å². The van der Waals surface area contributed by atoms with Crippen LogP contribution in [0.5, 0.6) is 0 Å². The van der Waals surface area contributed by atoms with Crippen LogP contribution in [0.1, 0.15) is 38.7 Å². The molecule has 0 amide bonds. The van der Waals surface area contributed by atoms with Gasteiger partial charge in [-0.15, -0.1) is 0 Å². The molecule has 0 fully saturated rings. The Hall–Kier alpha value is -2.40. The van der Waals surface area contributed by atoms with E-state index in [4.69, 9.17) is 9.47 Å². The maximum atomic E-state index is 12.5. The van der Waals surface area contributed by atoms with Gasteiger partial charge in [-0.05, 0) is 25.0 Å². The third-order valence-electron chi connectivity index (χ3n) is 4.04. The number of carbonyl (C=O) groups excluding carboxylic acids is 2. The summed E-state index contributed by atoms with van der Waals surface area (Å²) in [6, 6.07) is 9.90. The monoisotopic (exact) mass is 357 g/mol. The molecule has 1 heterocycles. The van der Waals surface area contributed by atoms with Gasteiger partial charge in [0.2, 0.25) is 0 Å². The maximum absolute atomic E-state index is 12.5. The lowest BCUT2D eigenvalue weighted by Gasteiger charge is -2.27. The molecular formula is C21H27NO4. The number of allylic oxidation sites excluding steroid dienone is 3. The van der Waals surface area contributed by atoms with Crippen molar-refractivity contribution >= 4 is 11.8 Å². The summed E-state index contributed by atoms with van der Waals surface area (Å²) < 4.78 is 10.6. The summed E-state index contributed by atoms with van der Waals surface area (Å²) in [4.78, 5) is 24.1. The molecule has 0 saturated heterocycles. The third kappa shape index (κ3) is 6.15. The van der Waals surface area contributed by atoms with Gasteiger partial charge < -0.3 is 14.8 Å². The van der Waals surface area contributed by atoms with Crippen LogP contribution in [0.15, 0.2) is 53.8 Å². The highest BCUT2D eigenvalue weighted by molar-refractivity contribution is 6.01. The van der Waals surface area contributed by atoms with E-state index >= 15 is 0 Å². The molecule has 140 valence electrons. The number of esters is 1. The number of hydrogen-bond acceptors (Lipinski definition) is 5. The predicted molar refractivity (Wildman–Crippen MR) is 100 cm³/mol. The molecule has 0 bridgehead atoms. The SMILES string of the molecule is CCCC1=C(/C=C/C(=O)OCC)C(=O)C[C@H](COCc2ccccc2)N1. The predicted octanol–water partition coefficient (Wildman–Crippen LogP) is 3.31. The van der Waals surface area contributed by atoms with Gasteiger partial charge in [0.05, 0.1) is 25.9 Å².